The van der Waals surface area contributed by atoms with Crippen LogP contribution in [0.25, 0.3) is 0 Å². The van der Waals surface area contributed by atoms with Gasteiger partial charge in [-0.15, -0.1) is 0 Å². The fourth-order valence-electron chi connectivity index (χ4n) is 1.64. The Hall–Kier alpha value is -1.24. The van der Waals surface area contributed by atoms with E-state index >= 15 is 0 Å². The maximum atomic E-state index is 11.1. The summed E-state index contributed by atoms with van der Waals surface area (Å²) >= 11 is 1.27. The van der Waals surface area contributed by atoms with Crippen LogP contribution in [0.2, 0.25) is 0 Å². The van der Waals surface area contributed by atoms with Gasteiger partial charge in [-0.1, -0.05) is 6.42 Å². The van der Waals surface area contributed by atoms with Crippen LogP contribution in [0, 0.1) is 5.92 Å². The van der Waals surface area contributed by atoms with Crippen LogP contribution in [0.15, 0.2) is 0 Å². The summed E-state index contributed by atoms with van der Waals surface area (Å²) in [5.41, 5.74) is 10.2. The van der Waals surface area contributed by atoms with E-state index < -0.39 is 29.0 Å². The molecule has 18 heavy (non-hydrogen) atoms. The highest BCUT2D eigenvalue weighted by Crippen LogP contribution is 2.19. The minimum atomic E-state index is -0.852. The average Bonchev–Trinajstić information content (AvgIpc) is 2.26. The van der Waals surface area contributed by atoms with Crippen molar-refractivity contribution >= 4 is 29.5 Å². The molecule has 0 aromatic rings. The summed E-state index contributed by atoms with van der Waals surface area (Å²) in [4.78, 5) is 32.6. The maximum absolute atomic E-state index is 11.1. The van der Waals surface area contributed by atoms with Crippen LogP contribution in [-0.4, -0.2) is 34.4 Å². The van der Waals surface area contributed by atoms with Gasteiger partial charge in [0.05, 0.1) is 0 Å². The number of hydrogen-bond donors (Lipinski definition) is 3. The molecule has 0 saturated carbocycles. The van der Waals surface area contributed by atoms with E-state index in [-0.39, 0.29) is 6.42 Å². The van der Waals surface area contributed by atoms with Crippen molar-refractivity contribution in [2.24, 2.45) is 17.4 Å². The number of thioether (sulfide) groups is 1. The Labute approximate surface area is 110 Å². The van der Waals surface area contributed by atoms with Gasteiger partial charge in [0.2, 0.25) is 11.8 Å². The van der Waals surface area contributed by atoms with E-state index in [1.54, 1.807) is 6.26 Å². The molecule has 2 unspecified atom stereocenters. The molecule has 0 rings (SSSR count). The van der Waals surface area contributed by atoms with Crippen molar-refractivity contribution in [2.75, 3.05) is 6.26 Å². The van der Waals surface area contributed by atoms with E-state index in [2.05, 4.69) is 0 Å². The first-order chi connectivity index (χ1) is 8.38. The Balaban J connectivity index is 4.07. The van der Waals surface area contributed by atoms with Crippen LogP contribution in [0.5, 0.6) is 0 Å². The lowest BCUT2D eigenvalue weighted by atomic mass is 9.95. The van der Waals surface area contributed by atoms with Crippen LogP contribution in [0.4, 0.5) is 0 Å². The zero-order chi connectivity index (χ0) is 14.1. The molecule has 0 heterocycles. The second-order valence-corrected chi connectivity index (χ2v) is 5.14. The Morgan fingerprint density at radius 1 is 1.17 bits per heavy atom. The topological polar surface area (TPSA) is 123 Å². The van der Waals surface area contributed by atoms with E-state index in [1.807, 2.05) is 0 Å². The quantitative estimate of drug-likeness (QED) is 0.531. The third-order valence-corrected chi connectivity index (χ3v) is 3.73. The lowest BCUT2D eigenvalue weighted by molar-refractivity contribution is -0.136. The summed E-state index contributed by atoms with van der Waals surface area (Å²) < 4.78 is 0. The monoisotopic (exact) mass is 276 g/mol. The molecule has 0 aliphatic rings. The number of aliphatic carboxylic acids is 1. The molecule has 0 aromatic carbocycles. The number of rotatable bonds is 10. The van der Waals surface area contributed by atoms with Crippen molar-refractivity contribution in [1.29, 1.82) is 0 Å². The Morgan fingerprint density at radius 2 is 1.78 bits per heavy atom. The lowest BCUT2D eigenvalue weighted by Gasteiger charge is -2.14. The number of carboxylic acid groups (broad SMARTS) is 1. The highest BCUT2D eigenvalue weighted by Gasteiger charge is 2.19. The first kappa shape index (κ1) is 16.8. The molecule has 0 bridgehead atoms. The minimum absolute atomic E-state index is 0.124. The largest absolute Gasteiger partial charge is 0.480 e. The molecule has 2 amide bonds. The maximum Gasteiger partial charge on any atom is 0.316 e. The zero-order valence-electron chi connectivity index (χ0n) is 10.4. The molecule has 2 atom stereocenters. The number of carbonyl (C=O) groups is 3. The molecule has 0 fully saturated rings. The van der Waals surface area contributed by atoms with Crippen molar-refractivity contribution < 1.29 is 19.5 Å². The van der Waals surface area contributed by atoms with Gasteiger partial charge in [0, 0.05) is 12.3 Å². The molecule has 104 valence electrons. The van der Waals surface area contributed by atoms with Gasteiger partial charge in [0.25, 0.3) is 0 Å². The third kappa shape index (κ3) is 7.16. The van der Waals surface area contributed by atoms with Gasteiger partial charge in [-0.25, -0.2) is 0 Å². The van der Waals surface area contributed by atoms with E-state index in [1.165, 1.54) is 11.8 Å². The molecule has 6 nitrogen and oxygen atoms in total. The number of carbonyl (C=O) groups excluding carboxylic acids is 2. The highest BCUT2D eigenvalue weighted by atomic mass is 32.2. The molecule has 0 radical (unpaired) electrons. The predicted molar refractivity (Wildman–Crippen MR) is 69.9 cm³/mol. The normalized spacial score (nSPS) is 13.8. The fraction of sp³-hybridized carbons (Fsp3) is 0.727. The van der Waals surface area contributed by atoms with Gasteiger partial charge in [-0.05, 0) is 25.5 Å². The molecule has 0 aliphatic heterocycles. The number of hydrogen-bond acceptors (Lipinski definition) is 4. The molecular formula is C11H20N2O4S. The van der Waals surface area contributed by atoms with E-state index in [9.17, 15) is 14.4 Å². The van der Waals surface area contributed by atoms with Gasteiger partial charge in [-0.3, -0.25) is 14.4 Å². The number of nitrogens with two attached hydrogens (primary N) is 2. The smallest absolute Gasteiger partial charge is 0.316 e. The highest BCUT2D eigenvalue weighted by molar-refractivity contribution is 7.99. The van der Waals surface area contributed by atoms with Crippen molar-refractivity contribution in [3.8, 4) is 0 Å². The first-order valence-electron chi connectivity index (χ1n) is 5.71. The fourth-order valence-corrected chi connectivity index (χ4v) is 2.24. The number of primary amides is 2. The van der Waals surface area contributed by atoms with Crippen molar-refractivity contribution in [3.05, 3.63) is 0 Å². The summed E-state index contributed by atoms with van der Waals surface area (Å²) in [6.45, 7) is 0. The minimum Gasteiger partial charge on any atom is -0.480 e. The van der Waals surface area contributed by atoms with Gasteiger partial charge in [0.1, 0.15) is 5.25 Å². The zero-order valence-corrected chi connectivity index (χ0v) is 11.2. The SMILES string of the molecule is CSC(CCCC(CCC(N)=O)C(N)=O)C(=O)O. The summed E-state index contributed by atoms with van der Waals surface area (Å²) in [7, 11) is 0. The van der Waals surface area contributed by atoms with Crippen LogP contribution < -0.4 is 11.5 Å². The van der Waals surface area contributed by atoms with E-state index in [4.69, 9.17) is 16.6 Å². The molecule has 5 N–H and O–H groups in total. The third-order valence-electron chi connectivity index (χ3n) is 2.72. The molecule has 0 aromatic heterocycles. The Kier molecular flexibility index (Phi) is 8.19. The van der Waals surface area contributed by atoms with Crippen LogP contribution in [0.3, 0.4) is 0 Å². The van der Waals surface area contributed by atoms with Gasteiger partial charge >= 0.3 is 5.97 Å². The van der Waals surface area contributed by atoms with Crippen molar-refractivity contribution in [2.45, 2.75) is 37.4 Å². The summed E-state index contributed by atoms with van der Waals surface area (Å²) in [6.07, 6.45) is 3.76. The van der Waals surface area contributed by atoms with Gasteiger partial charge in [0.15, 0.2) is 0 Å². The molecule has 0 aliphatic carbocycles. The van der Waals surface area contributed by atoms with Crippen LogP contribution in [-0.2, 0) is 14.4 Å². The summed E-state index contributed by atoms with van der Waals surface area (Å²) in [5.74, 6) is -2.19. The van der Waals surface area contributed by atoms with E-state index in [0.717, 1.165) is 0 Å². The second-order valence-electron chi connectivity index (χ2n) is 4.10. The second kappa shape index (κ2) is 8.79. The predicted octanol–water partition coefficient (Wildman–Crippen LogP) is 0.340. The average molecular weight is 276 g/mol. The molecule has 7 heteroatoms. The lowest BCUT2D eigenvalue weighted by Crippen LogP contribution is -2.25. The molecule has 0 spiro atoms. The van der Waals surface area contributed by atoms with Gasteiger partial charge in [-0.2, -0.15) is 11.8 Å². The van der Waals surface area contributed by atoms with E-state index in [0.29, 0.717) is 25.7 Å². The number of carboxylic acids is 1. The van der Waals surface area contributed by atoms with Gasteiger partial charge < -0.3 is 16.6 Å². The van der Waals surface area contributed by atoms with Crippen molar-refractivity contribution in [3.63, 3.8) is 0 Å². The number of amides is 2. The first-order valence-corrected chi connectivity index (χ1v) is 7.00. The molecule has 0 saturated heterocycles. The Morgan fingerprint density at radius 3 is 2.17 bits per heavy atom. The molecular weight excluding hydrogens is 256 g/mol. The summed E-state index contributed by atoms with van der Waals surface area (Å²) in [6, 6.07) is 0. The van der Waals surface area contributed by atoms with Crippen molar-refractivity contribution in [1.82, 2.24) is 0 Å². The standard InChI is InChI=1S/C11H20N2O4S/c1-18-8(11(16)17)4-2-3-7(10(13)15)5-6-9(12)14/h7-8H,2-6H2,1H3,(H2,12,14)(H2,13,15)(H,16,17). The summed E-state index contributed by atoms with van der Waals surface area (Å²) in [5, 5.41) is 8.39. The van der Waals surface area contributed by atoms with Crippen LogP contribution in [0.1, 0.15) is 32.1 Å². The van der Waals surface area contributed by atoms with Crippen LogP contribution >= 0.6 is 11.8 Å². The Bertz CT molecular complexity index is 309.